The lowest BCUT2D eigenvalue weighted by atomic mass is 10.1. The molecule has 0 bridgehead atoms. The Morgan fingerprint density at radius 2 is 1.96 bits per heavy atom. The molecule has 6 nitrogen and oxygen atoms in total. The molecular weight excluding hydrogens is 318 g/mol. The van der Waals surface area contributed by atoms with Crippen molar-refractivity contribution in [3.63, 3.8) is 0 Å². The first kappa shape index (κ1) is 17.1. The summed E-state index contributed by atoms with van der Waals surface area (Å²) < 4.78 is 2.13. The maximum Gasteiger partial charge on any atom is 0.335 e. The highest BCUT2D eigenvalue weighted by molar-refractivity contribution is 5.92. The third-order valence-corrected chi connectivity index (χ3v) is 4.20. The SMILES string of the molecule is NOCCCn1c(CCc2ccccc2)nc2cc(C(=O)O)ccc21. The van der Waals surface area contributed by atoms with Gasteiger partial charge in [-0.1, -0.05) is 30.3 Å². The minimum atomic E-state index is -0.946. The molecule has 1 heterocycles. The summed E-state index contributed by atoms with van der Waals surface area (Å²) in [6.07, 6.45) is 2.43. The normalized spacial score (nSPS) is 11.1. The molecule has 0 saturated heterocycles. The molecule has 130 valence electrons. The van der Waals surface area contributed by atoms with Crippen LogP contribution in [0.1, 0.15) is 28.2 Å². The number of aryl methyl sites for hydroxylation is 3. The molecule has 0 saturated carbocycles. The summed E-state index contributed by atoms with van der Waals surface area (Å²) in [5.74, 6) is 5.11. The molecule has 0 amide bonds. The summed E-state index contributed by atoms with van der Waals surface area (Å²) in [4.78, 5) is 20.5. The Morgan fingerprint density at radius 1 is 1.16 bits per heavy atom. The number of aromatic carboxylic acids is 1. The van der Waals surface area contributed by atoms with Crippen LogP contribution in [-0.4, -0.2) is 27.2 Å². The third kappa shape index (κ3) is 4.04. The monoisotopic (exact) mass is 339 g/mol. The van der Waals surface area contributed by atoms with E-state index in [2.05, 4.69) is 26.5 Å². The van der Waals surface area contributed by atoms with E-state index in [4.69, 9.17) is 5.90 Å². The zero-order valence-corrected chi connectivity index (χ0v) is 13.9. The zero-order valence-electron chi connectivity index (χ0n) is 13.9. The number of aromatic nitrogens is 2. The molecule has 25 heavy (non-hydrogen) atoms. The number of carboxylic acids is 1. The molecule has 0 spiro atoms. The van der Waals surface area contributed by atoms with E-state index in [1.54, 1.807) is 12.1 Å². The van der Waals surface area contributed by atoms with Gasteiger partial charge >= 0.3 is 5.97 Å². The lowest BCUT2D eigenvalue weighted by Gasteiger charge is -2.09. The van der Waals surface area contributed by atoms with Gasteiger partial charge in [-0.2, -0.15) is 0 Å². The number of imidazole rings is 1. The van der Waals surface area contributed by atoms with Gasteiger partial charge in [-0.15, -0.1) is 0 Å². The first-order valence-electron chi connectivity index (χ1n) is 8.27. The fraction of sp³-hybridized carbons (Fsp3) is 0.263. The molecule has 0 unspecified atom stereocenters. The average molecular weight is 339 g/mol. The van der Waals surface area contributed by atoms with E-state index in [0.29, 0.717) is 12.1 Å². The second-order valence-corrected chi connectivity index (χ2v) is 5.90. The highest BCUT2D eigenvalue weighted by Gasteiger charge is 2.13. The van der Waals surface area contributed by atoms with Gasteiger partial charge < -0.3 is 14.5 Å². The van der Waals surface area contributed by atoms with E-state index < -0.39 is 5.97 Å². The summed E-state index contributed by atoms with van der Waals surface area (Å²) >= 11 is 0. The standard InChI is InChI=1S/C19H21N3O3/c20-25-12-4-11-22-17-9-8-15(19(23)24)13-16(17)21-18(22)10-7-14-5-2-1-3-6-14/h1-3,5-6,8-9,13H,4,7,10-12,20H2,(H,23,24). The average Bonchev–Trinajstić information content (AvgIpc) is 2.98. The topological polar surface area (TPSA) is 90.4 Å². The summed E-state index contributed by atoms with van der Waals surface area (Å²) in [6.45, 7) is 1.19. The second-order valence-electron chi connectivity index (χ2n) is 5.90. The predicted octanol–water partition coefficient (Wildman–Crippen LogP) is 2.80. The van der Waals surface area contributed by atoms with Crippen molar-refractivity contribution >= 4 is 17.0 Å². The van der Waals surface area contributed by atoms with Crippen LogP contribution in [0.25, 0.3) is 11.0 Å². The van der Waals surface area contributed by atoms with Crippen molar-refractivity contribution in [2.24, 2.45) is 5.90 Å². The minimum absolute atomic E-state index is 0.247. The van der Waals surface area contributed by atoms with E-state index in [9.17, 15) is 9.90 Å². The highest BCUT2D eigenvalue weighted by Crippen LogP contribution is 2.20. The lowest BCUT2D eigenvalue weighted by molar-refractivity contribution is 0.0697. The van der Waals surface area contributed by atoms with Gasteiger partial charge in [-0.25, -0.2) is 15.7 Å². The molecule has 0 fully saturated rings. The first-order valence-corrected chi connectivity index (χ1v) is 8.27. The van der Waals surface area contributed by atoms with Crippen molar-refractivity contribution in [1.29, 1.82) is 0 Å². The molecule has 0 atom stereocenters. The Morgan fingerprint density at radius 3 is 2.68 bits per heavy atom. The Hall–Kier alpha value is -2.70. The van der Waals surface area contributed by atoms with Crippen molar-refractivity contribution < 1.29 is 14.7 Å². The minimum Gasteiger partial charge on any atom is -0.478 e. The van der Waals surface area contributed by atoms with Gasteiger partial charge in [0.25, 0.3) is 0 Å². The quantitative estimate of drug-likeness (QED) is 0.486. The molecular formula is C19H21N3O3. The van der Waals surface area contributed by atoms with Crippen molar-refractivity contribution in [2.45, 2.75) is 25.8 Å². The maximum atomic E-state index is 11.2. The van der Waals surface area contributed by atoms with E-state index >= 15 is 0 Å². The second kappa shape index (κ2) is 7.92. The fourth-order valence-electron chi connectivity index (χ4n) is 2.96. The van der Waals surface area contributed by atoms with E-state index in [1.165, 1.54) is 5.56 Å². The van der Waals surface area contributed by atoms with E-state index in [0.717, 1.165) is 37.1 Å². The van der Waals surface area contributed by atoms with Crippen LogP contribution in [0.4, 0.5) is 0 Å². The molecule has 2 aromatic carbocycles. The third-order valence-electron chi connectivity index (χ3n) is 4.20. The highest BCUT2D eigenvalue weighted by atomic mass is 16.6. The number of nitrogens with two attached hydrogens (primary N) is 1. The number of carbonyl (C=O) groups is 1. The maximum absolute atomic E-state index is 11.2. The van der Waals surface area contributed by atoms with Crippen LogP contribution in [0, 0.1) is 0 Å². The van der Waals surface area contributed by atoms with Crippen LogP contribution in [0.3, 0.4) is 0 Å². The Labute approximate surface area is 145 Å². The van der Waals surface area contributed by atoms with Crippen LogP contribution in [0.2, 0.25) is 0 Å². The van der Waals surface area contributed by atoms with Crippen molar-refractivity contribution in [3.05, 3.63) is 65.5 Å². The molecule has 0 aliphatic carbocycles. The number of rotatable bonds is 8. The van der Waals surface area contributed by atoms with Gasteiger partial charge in [0.15, 0.2) is 0 Å². The number of hydrogen-bond acceptors (Lipinski definition) is 4. The van der Waals surface area contributed by atoms with E-state index in [-0.39, 0.29) is 5.56 Å². The summed E-state index contributed by atoms with van der Waals surface area (Å²) in [7, 11) is 0. The lowest BCUT2D eigenvalue weighted by Crippen LogP contribution is -2.09. The van der Waals surface area contributed by atoms with Gasteiger partial charge in [0.05, 0.1) is 23.2 Å². The largest absolute Gasteiger partial charge is 0.478 e. The summed E-state index contributed by atoms with van der Waals surface area (Å²) in [6, 6.07) is 15.3. The van der Waals surface area contributed by atoms with Gasteiger partial charge in [0.1, 0.15) is 5.82 Å². The van der Waals surface area contributed by atoms with Crippen LogP contribution < -0.4 is 5.90 Å². The Balaban J connectivity index is 1.90. The van der Waals surface area contributed by atoms with Gasteiger partial charge in [0, 0.05) is 13.0 Å². The Kier molecular flexibility index (Phi) is 5.42. The van der Waals surface area contributed by atoms with Gasteiger partial charge in [0.2, 0.25) is 0 Å². The molecule has 0 aliphatic rings. The number of nitrogens with zero attached hydrogens (tertiary/aromatic N) is 2. The summed E-state index contributed by atoms with van der Waals surface area (Å²) in [5.41, 5.74) is 3.14. The summed E-state index contributed by atoms with van der Waals surface area (Å²) in [5, 5.41) is 9.18. The van der Waals surface area contributed by atoms with Crippen LogP contribution in [-0.2, 0) is 24.2 Å². The van der Waals surface area contributed by atoms with Gasteiger partial charge in [-0.05, 0) is 36.6 Å². The number of benzene rings is 2. The van der Waals surface area contributed by atoms with Crippen molar-refractivity contribution in [2.75, 3.05) is 6.61 Å². The molecule has 3 aromatic rings. The first-order chi connectivity index (χ1) is 12.2. The molecule has 0 aliphatic heterocycles. The van der Waals surface area contributed by atoms with Crippen molar-refractivity contribution in [1.82, 2.24) is 9.55 Å². The molecule has 1 aromatic heterocycles. The number of carboxylic acid groups (broad SMARTS) is 1. The van der Waals surface area contributed by atoms with E-state index in [1.807, 2.05) is 24.3 Å². The van der Waals surface area contributed by atoms with Crippen LogP contribution >= 0.6 is 0 Å². The number of hydrogen-bond donors (Lipinski definition) is 2. The smallest absolute Gasteiger partial charge is 0.335 e. The van der Waals surface area contributed by atoms with Gasteiger partial charge in [-0.3, -0.25) is 0 Å². The predicted molar refractivity (Wildman–Crippen MR) is 95.3 cm³/mol. The van der Waals surface area contributed by atoms with Crippen LogP contribution in [0.5, 0.6) is 0 Å². The fourth-order valence-corrected chi connectivity index (χ4v) is 2.96. The zero-order chi connectivity index (χ0) is 17.6. The van der Waals surface area contributed by atoms with Crippen LogP contribution in [0.15, 0.2) is 48.5 Å². The Bertz CT molecular complexity index is 859. The molecule has 3 N–H and O–H groups in total. The molecule has 3 rings (SSSR count). The molecule has 6 heteroatoms. The van der Waals surface area contributed by atoms with Crippen molar-refractivity contribution in [3.8, 4) is 0 Å². The molecule has 0 radical (unpaired) electrons. The number of fused-ring (bicyclic) bond motifs is 1.